The lowest BCUT2D eigenvalue weighted by Gasteiger charge is -2.44. The Kier molecular flexibility index (Phi) is 5.87. The number of likely N-dealkylation sites (tertiary alicyclic amines) is 1. The van der Waals surface area contributed by atoms with E-state index in [4.69, 9.17) is 5.73 Å². The standard InChI is InChI=1S/C19H32N2O/c1-13(2)10-17(20)12-21-9-8-19(14(3)15(21)4)16-6-5-7-18(22)11-16/h5-7,11,13-15,17,19,22H,8-10,12,20H2,1-4H3/t14-,15?,17-,19+/m0/s1. The highest BCUT2D eigenvalue weighted by molar-refractivity contribution is 5.30. The van der Waals surface area contributed by atoms with Gasteiger partial charge in [-0.3, -0.25) is 4.90 Å². The van der Waals surface area contributed by atoms with Crippen molar-refractivity contribution >= 4 is 0 Å². The van der Waals surface area contributed by atoms with Gasteiger partial charge in [-0.2, -0.15) is 0 Å². The summed E-state index contributed by atoms with van der Waals surface area (Å²) < 4.78 is 0. The molecule has 22 heavy (non-hydrogen) atoms. The van der Waals surface area contributed by atoms with Crippen LogP contribution in [0.4, 0.5) is 0 Å². The van der Waals surface area contributed by atoms with Gasteiger partial charge in [0, 0.05) is 18.6 Å². The number of rotatable bonds is 5. The minimum absolute atomic E-state index is 0.270. The number of hydrogen-bond acceptors (Lipinski definition) is 3. The van der Waals surface area contributed by atoms with Gasteiger partial charge in [-0.1, -0.05) is 32.9 Å². The summed E-state index contributed by atoms with van der Waals surface area (Å²) in [6.45, 7) is 11.2. The zero-order valence-corrected chi connectivity index (χ0v) is 14.5. The van der Waals surface area contributed by atoms with Crippen molar-refractivity contribution in [2.45, 2.75) is 58.5 Å². The van der Waals surface area contributed by atoms with Gasteiger partial charge in [0.15, 0.2) is 0 Å². The molecule has 1 fully saturated rings. The van der Waals surface area contributed by atoms with Crippen LogP contribution in [0.3, 0.4) is 0 Å². The van der Waals surface area contributed by atoms with Gasteiger partial charge in [0.1, 0.15) is 5.75 Å². The molecule has 3 heteroatoms. The first-order valence-corrected chi connectivity index (χ1v) is 8.67. The second kappa shape index (κ2) is 7.47. The Morgan fingerprint density at radius 1 is 1.32 bits per heavy atom. The summed E-state index contributed by atoms with van der Waals surface area (Å²) in [6.07, 6.45) is 2.23. The van der Waals surface area contributed by atoms with Gasteiger partial charge in [-0.25, -0.2) is 0 Å². The Morgan fingerprint density at radius 3 is 2.68 bits per heavy atom. The Morgan fingerprint density at radius 2 is 2.05 bits per heavy atom. The lowest BCUT2D eigenvalue weighted by atomic mass is 9.77. The minimum Gasteiger partial charge on any atom is -0.508 e. The van der Waals surface area contributed by atoms with Crippen LogP contribution in [0.2, 0.25) is 0 Å². The molecule has 0 radical (unpaired) electrons. The highest BCUT2D eigenvalue weighted by atomic mass is 16.3. The third-order valence-corrected chi connectivity index (χ3v) is 5.24. The highest BCUT2D eigenvalue weighted by Gasteiger charge is 2.33. The normalized spacial score (nSPS) is 28.0. The van der Waals surface area contributed by atoms with Gasteiger partial charge in [0.25, 0.3) is 0 Å². The number of benzene rings is 1. The fourth-order valence-electron chi connectivity index (χ4n) is 3.90. The lowest BCUT2D eigenvalue weighted by Crippen LogP contribution is -2.50. The molecule has 3 N–H and O–H groups in total. The summed E-state index contributed by atoms with van der Waals surface area (Å²) in [5.74, 6) is 2.13. The number of piperidine rings is 1. The quantitative estimate of drug-likeness (QED) is 0.874. The van der Waals surface area contributed by atoms with Crippen molar-refractivity contribution in [3.8, 4) is 5.75 Å². The van der Waals surface area contributed by atoms with E-state index in [2.05, 4.69) is 38.7 Å². The van der Waals surface area contributed by atoms with Crippen LogP contribution < -0.4 is 5.73 Å². The SMILES string of the molecule is CC(C)C[C@H](N)CN1CC[C@@H](c2cccc(O)c2)[C@@H](C)C1C. The molecule has 1 aromatic carbocycles. The molecule has 0 spiro atoms. The van der Waals surface area contributed by atoms with Gasteiger partial charge >= 0.3 is 0 Å². The zero-order chi connectivity index (χ0) is 16.3. The summed E-state index contributed by atoms with van der Waals surface area (Å²) in [6, 6.07) is 8.57. The van der Waals surface area contributed by atoms with E-state index in [1.54, 1.807) is 6.07 Å². The largest absolute Gasteiger partial charge is 0.508 e. The second-order valence-electron chi connectivity index (χ2n) is 7.47. The third-order valence-electron chi connectivity index (χ3n) is 5.24. The van der Waals surface area contributed by atoms with Gasteiger partial charge < -0.3 is 10.8 Å². The molecule has 3 nitrogen and oxygen atoms in total. The molecule has 124 valence electrons. The molecule has 0 aliphatic carbocycles. The van der Waals surface area contributed by atoms with E-state index in [1.807, 2.05) is 12.1 Å². The minimum atomic E-state index is 0.270. The maximum Gasteiger partial charge on any atom is 0.115 e. The number of aromatic hydroxyl groups is 1. The predicted molar refractivity (Wildman–Crippen MR) is 93.1 cm³/mol. The molecule has 0 bridgehead atoms. The monoisotopic (exact) mass is 304 g/mol. The van der Waals surface area contributed by atoms with Crippen LogP contribution in [0.1, 0.15) is 52.0 Å². The summed E-state index contributed by atoms with van der Waals surface area (Å²) in [4.78, 5) is 2.55. The maximum absolute atomic E-state index is 9.72. The molecule has 1 aliphatic rings. The van der Waals surface area contributed by atoms with Crippen molar-refractivity contribution in [2.75, 3.05) is 13.1 Å². The molecule has 0 amide bonds. The molecule has 4 atom stereocenters. The van der Waals surface area contributed by atoms with E-state index in [1.165, 1.54) is 5.56 Å². The lowest BCUT2D eigenvalue weighted by molar-refractivity contribution is 0.0877. The number of nitrogens with two attached hydrogens (primary N) is 1. The Labute approximate surface area is 135 Å². The van der Waals surface area contributed by atoms with Gasteiger partial charge in [-0.15, -0.1) is 0 Å². The molecule has 1 unspecified atom stereocenters. The molecular weight excluding hydrogens is 272 g/mol. The second-order valence-corrected chi connectivity index (χ2v) is 7.47. The van der Waals surface area contributed by atoms with E-state index >= 15 is 0 Å². The predicted octanol–water partition coefficient (Wildman–Crippen LogP) is 3.58. The average Bonchev–Trinajstić information content (AvgIpc) is 2.43. The molecule has 2 rings (SSSR count). The average molecular weight is 304 g/mol. The number of phenols is 1. The van der Waals surface area contributed by atoms with E-state index in [-0.39, 0.29) is 6.04 Å². The Hall–Kier alpha value is -1.06. The first kappa shape index (κ1) is 17.3. The molecule has 1 aromatic rings. The number of hydrogen-bond donors (Lipinski definition) is 2. The van der Waals surface area contributed by atoms with Crippen LogP contribution in [0.15, 0.2) is 24.3 Å². The molecule has 1 aliphatic heterocycles. The summed E-state index contributed by atoms with van der Waals surface area (Å²) >= 11 is 0. The van der Waals surface area contributed by atoms with Crippen molar-refractivity contribution in [3.63, 3.8) is 0 Å². The Bertz CT molecular complexity index is 474. The third kappa shape index (κ3) is 4.23. The van der Waals surface area contributed by atoms with Crippen molar-refractivity contribution in [1.29, 1.82) is 0 Å². The molecular formula is C19H32N2O. The van der Waals surface area contributed by atoms with Crippen LogP contribution in [0.5, 0.6) is 5.75 Å². The summed E-state index contributed by atoms with van der Waals surface area (Å²) in [5.41, 5.74) is 7.57. The van der Waals surface area contributed by atoms with E-state index in [0.717, 1.165) is 25.9 Å². The Balaban J connectivity index is 2.00. The van der Waals surface area contributed by atoms with Crippen molar-refractivity contribution in [2.24, 2.45) is 17.6 Å². The molecule has 0 saturated carbocycles. The molecule has 1 heterocycles. The first-order valence-electron chi connectivity index (χ1n) is 8.67. The molecule has 1 saturated heterocycles. The van der Waals surface area contributed by atoms with E-state index < -0.39 is 0 Å². The van der Waals surface area contributed by atoms with Crippen LogP contribution >= 0.6 is 0 Å². The topological polar surface area (TPSA) is 49.5 Å². The van der Waals surface area contributed by atoms with E-state index in [9.17, 15) is 5.11 Å². The van der Waals surface area contributed by atoms with Crippen LogP contribution in [0.25, 0.3) is 0 Å². The number of phenolic OH excluding ortho intramolecular Hbond substituents is 1. The smallest absolute Gasteiger partial charge is 0.115 e. The summed E-state index contributed by atoms with van der Waals surface area (Å²) in [5, 5.41) is 9.72. The van der Waals surface area contributed by atoms with Gasteiger partial charge in [0.05, 0.1) is 0 Å². The zero-order valence-electron chi connectivity index (χ0n) is 14.5. The first-order chi connectivity index (χ1) is 10.4. The molecule has 0 aromatic heterocycles. The summed E-state index contributed by atoms with van der Waals surface area (Å²) in [7, 11) is 0. The van der Waals surface area contributed by atoms with Crippen molar-refractivity contribution in [1.82, 2.24) is 4.90 Å². The fourth-order valence-corrected chi connectivity index (χ4v) is 3.90. The maximum atomic E-state index is 9.72. The van der Waals surface area contributed by atoms with Crippen LogP contribution in [0, 0.1) is 11.8 Å². The van der Waals surface area contributed by atoms with Crippen molar-refractivity contribution in [3.05, 3.63) is 29.8 Å². The van der Waals surface area contributed by atoms with Crippen LogP contribution in [-0.4, -0.2) is 35.2 Å². The number of nitrogens with zero attached hydrogens (tertiary/aromatic N) is 1. The highest BCUT2D eigenvalue weighted by Crippen LogP contribution is 2.37. The van der Waals surface area contributed by atoms with Gasteiger partial charge in [-0.05, 0) is 61.8 Å². The van der Waals surface area contributed by atoms with E-state index in [0.29, 0.717) is 29.5 Å². The van der Waals surface area contributed by atoms with Crippen molar-refractivity contribution < 1.29 is 5.11 Å². The van der Waals surface area contributed by atoms with Gasteiger partial charge in [0.2, 0.25) is 0 Å². The van der Waals surface area contributed by atoms with Crippen LogP contribution in [-0.2, 0) is 0 Å². The fraction of sp³-hybridized carbons (Fsp3) is 0.684.